The van der Waals surface area contributed by atoms with Crippen LogP contribution in [0.3, 0.4) is 0 Å². The number of halogens is 3. The van der Waals surface area contributed by atoms with Crippen molar-refractivity contribution in [2.45, 2.75) is 19.5 Å². The average molecular weight is 306 g/mol. The van der Waals surface area contributed by atoms with Crippen LogP contribution in [0.5, 0.6) is 0 Å². The topological polar surface area (TPSA) is 34.1 Å². The van der Waals surface area contributed by atoms with Crippen LogP contribution >= 0.6 is 0 Å². The number of benzene rings is 2. The molecule has 2 rings (SSSR count). The lowest BCUT2D eigenvalue weighted by Crippen LogP contribution is -2.10. The van der Waals surface area contributed by atoms with Crippen LogP contribution in [0, 0.1) is 6.92 Å². The maximum atomic E-state index is 12.4. The van der Waals surface area contributed by atoms with Crippen molar-refractivity contribution in [3.05, 3.63) is 70.8 Å². The first-order valence-electron chi connectivity index (χ1n) is 6.58. The lowest BCUT2D eigenvalue weighted by molar-refractivity contribution is -0.137. The van der Waals surface area contributed by atoms with E-state index in [0.29, 0.717) is 5.56 Å². The molecule has 0 bridgehead atoms. The lowest BCUT2D eigenvalue weighted by atomic mass is 10.00. The zero-order valence-corrected chi connectivity index (χ0v) is 11.8. The smallest absolute Gasteiger partial charge is 0.294 e. The molecule has 0 saturated carbocycles. The predicted molar refractivity (Wildman–Crippen MR) is 75.9 cm³/mol. The molecule has 0 heterocycles. The van der Waals surface area contributed by atoms with E-state index in [0.717, 1.165) is 29.8 Å². The highest BCUT2D eigenvalue weighted by Gasteiger charge is 2.30. The number of carbonyl (C=O) groups excluding carboxylic acids is 2. The Morgan fingerprint density at radius 1 is 0.818 bits per heavy atom. The van der Waals surface area contributed by atoms with Crippen molar-refractivity contribution < 1.29 is 22.8 Å². The van der Waals surface area contributed by atoms with Gasteiger partial charge >= 0.3 is 6.18 Å². The van der Waals surface area contributed by atoms with Crippen LogP contribution in [0.1, 0.15) is 38.3 Å². The van der Waals surface area contributed by atoms with Crippen LogP contribution in [0.25, 0.3) is 0 Å². The van der Waals surface area contributed by atoms with Crippen LogP contribution in [0.15, 0.2) is 48.5 Å². The summed E-state index contributed by atoms with van der Waals surface area (Å²) in [7, 11) is 0. The fourth-order valence-corrected chi connectivity index (χ4v) is 1.93. The Morgan fingerprint density at radius 3 is 1.64 bits per heavy atom. The highest BCUT2D eigenvalue weighted by atomic mass is 19.4. The minimum absolute atomic E-state index is 0.0912. The van der Waals surface area contributed by atoms with Gasteiger partial charge in [-0.05, 0) is 19.1 Å². The first kappa shape index (κ1) is 15.9. The zero-order valence-electron chi connectivity index (χ0n) is 11.8. The minimum atomic E-state index is -4.45. The van der Waals surface area contributed by atoms with Crippen LogP contribution in [0.2, 0.25) is 0 Å². The molecule has 22 heavy (non-hydrogen) atoms. The summed E-state index contributed by atoms with van der Waals surface area (Å²) in [4.78, 5) is 23.9. The number of Topliss-reactive ketones (excluding diaryl/α,β-unsaturated/α-hetero) is 2. The van der Waals surface area contributed by atoms with Gasteiger partial charge in [-0.3, -0.25) is 9.59 Å². The normalized spacial score (nSPS) is 11.3. The van der Waals surface area contributed by atoms with Crippen molar-refractivity contribution in [3.63, 3.8) is 0 Å². The van der Waals surface area contributed by atoms with E-state index in [9.17, 15) is 22.8 Å². The maximum Gasteiger partial charge on any atom is 0.416 e. The molecule has 2 nitrogen and oxygen atoms in total. The molecule has 2 aromatic rings. The molecule has 0 atom stereocenters. The van der Waals surface area contributed by atoms with Crippen LogP contribution in [-0.2, 0) is 6.18 Å². The van der Waals surface area contributed by atoms with Gasteiger partial charge in [0.15, 0.2) is 11.6 Å². The van der Waals surface area contributed by atoms with E-state index in [1.54, 1.807) is 24.3 Å². The molecule has 0 aliphatic heterocycles. The molecular weight excluding hydrogens is 293 g/mol. The second-order valence-corrected chi connectivity index (χ2v) is 4.96. The molecule has 114 valence electrons. The van der Waals surface area contributed by atoms with Gasteiger partial charge in [0.25, 0.3) is 0 Å². The molecule has 0 N–H and O–H groups in total. The van der Waals surface area contributed by atoms with Crippen molar-refractivity contribution in [1.29, 1.82) is 0 Å². The van der Waals surface area contributed by atoms with Gasteiger partial charge in [0.2, 0.25) is 0 Å². The summed E-state index contributed by atoms with van der Waals surface area (Å²) < 4.78 is 37.3. The molecule has 0 aliphatic carbocycles. The first-order chi connectivity index (χ1) is 10.3. The Kier molecular flexibility index (Phi) is 4.45. The Labute approximate surface area is 125 Å². The van der Waals surface area contributed by atoms with E-state index in [1.807, 2.05) is 6.92 Å². The van der Waals surface area contributed by atoms with Crippen molar-refractivity contribution in [2.75, 3.05) is 0 Å². The minimum Gasteiger partial charge on any atom is -0.294 e. The molecule has 0 saturated heterocycles. The SMILES string of the molecule is Cc1ccc(C(=O)CC(=O)c2ccc(C(F)(F)F)cc2)cc1. The second kappa shape index (κ2) is 6.13. The summed E-state index contributed by atoms with van der Waals surface area (Å²) in [5, 5.41) is 0. The number of ketones is 2. The van der Waals surface area contributed by atoms with Gasteiger partial charge in [-0.25, -0.2) is 0 Å². The number of carbonyl (C=O) groups is 2. The fraction of sp³-hybridized carbons (Fsp3) is 0.176. The van der Waals surface area contributed by atoms with E-state index >= 15 is 0 Å². The summed E-state index contributed by atoms with van der Waals surface area (Å²) in [6, 6.07) is 10.6. The largest absolute Gasteiger partial charge is 0.416 e. The summed E-state index contributed by atoms with van der Waals surface area (Å²) >= 11 is 0. The molecule has 0 aliphatic rings. The van der Waals surface area contributed by atoms with Gasteiger partial charge in [-0.1, -0.05) is 42.0 Å². The molecule has 0 amide bonds. The maximum absolute atomic E-state index is 12.4. The molecule has 0 radical (unpaired) electrons. The number of aryl methyl sites for hydroxylation is 1. The fourth-order valence-electron chi connectivity index (χ4n) is 1.93. The monoisotopic (exact) mass is 306 g/mol. The van der Waals surface area contributed by atoms with E-state index in [4.69, 9.17) is 0 Å². The van der Waals surface area contributed by atoms with Crippen molar-refractivity contribution >= 4 is 11.6 Å². The van der Waals surface area contributed by atoms with Crippen LogP contribution < -0.4 is 0 Å². The average Bonchev–Trinajstić information content (AvgIpc) is 2.47. The van der Waals surface area contributed by atoms with Crippen LogP contribution in [0.4, 0.5) is 13.2 Å². The van der Waals surface area contributed by atoms with Crippen LogP contribution in [-0.4, -0.2) is 11.6 Å². The summed E-state index contributed by atoms with van der Waals surface area (Å²) in [5.74, 6) is -0.857. The third kappa shape index (κ3) is 3.81. The Balaban J connectivity index is 2.09. The number of hydrogen-bond acceptors (Lipinski definition) is 2. The van der Waals surface area contributed by atoms with Gasteiger partial charge in [0, 0.05) is 11.1 Å². The quantitative estimate of drug-likeness (QED) is 0.617. The van der Waals surface area contributed by atoms with Crippen molar-refractivity contribution in [3.8, 4) is 0 Å². The first-order valence-corrected chi connectivity index (χ1v) is 6.58. The van der Waals surface area contributed by atoms with Gasteiger partial charge in [0.1, 0.15) is 0 Å². The van der Waals surface area contributed by atoms with Gasteiger partial charge in [0.05, 0.1) is 12.0 Å². The Hall–Kier alpha value is -2.43. The van der Waals surface area contributed by atoms with Gasteiger partial charge in [-0.2, -0.15) is 13.2 Å². The van der Waals surface area contributed by atoms with Gasteiger partial charge < -0.3 is 0 Å². The third-order valence-electron chi connectivity index (χ3n) is 3.23. The standard InChI is InChI=1S/C17H13F3O2/c1-11-2-4-12(5-3-11)15(21)10-16(22)13-6-8-14(9-7-13)17(18,19)20/h2-9H,10H2,1H3. The highest BCUT2D eigenvalue weighted by Crippen LogP contribution is 2.29. The van der Waals surface area contributed by atoms with E-state index in [-0.39, 0.29) is 17.8 Å². The lowest BCUT2D eigenvalue weighted by Gasteiger charge is -2.07. The zero-order chi connectivity index (χ0) is 16.3. The molecular formula is C17H13F3O2. The Morgan fingerprint density at radius 2 is 1.23 bits per heavy atom. The molecule has 0 aromatic heterocycles. The Bertz CT molecular complexity index is 683. The van der Waals surface area contributed by atoms with E-state index < -0.39 is 17.5 Å². The molecule has 0 spiro atoms. The summed E-state index contributed by atoms with van der Waals surface area (Å²) in [6.07, 6.45) is -4.81. The van der Waals surface area contributed by atoms with Crippen molar-refractivity contribution in [2.24, 2.45) is 0 Å². The highest BCUT2D eigenvalue weighted by molar-refractivity contribution is 6.13. The number of rotatable bonds is 4. The third-order valence-corrected chi connectivity index (χ3v) is 3.23. The predicted octanol–water partition coefficient (Wildman–Crippen LogP) is 4.47. The van der Waals surface area contributed by atoms with E-state index in [2.05, 4.69) is 0 Å². The number of hydrogen-bond donors (Lipinski definition) is 0. The molecule has 2 aromatic carbocycles. The molecule has 0 unspecified atom stereocenters. The number of alkyl halides is 3. The van der Waals surface area contributed by atoms with Crippen molar-refractivity contribution in [1.82, 2.24) is 0 Å². The second-order valence-electron chi connectivity index (χ2n) is 4.96. The summed E-state index contributed by atoms with van der Waals surface area (Å²) in [5.41, 5.74) is 0.666. The van der Waals surface area contributed by atoms with E-state index in [1.165, 1.54) is 0 Å². The molecule has 5 heteroatoms. The summed E-state index contributed by atoms with van der Waals surface area (Å²) in [6.45, 7) is 1.88. The van der Waals surface area contributed by atoms with Gasteiger partial charge in [-0.15, -0.1) is 0 Å². The molecule has 0 fully saturated rings.